The Morgan fingerprint density at radius 3 is 1.44 bits per heavy atom. The average molecular weight is 236 g/mol. The molecule has 0 atom stereocenters. The van der Waals surface area contributed by atoms with Gasteiger partial charge in [0.05, 0.1) is 18.2 Å². The highest BCUT2D eigenvalue weighted by atomic mass is 15.4. The molecular formula is C15H14N3+. The second-order valence-corrected chi connectivity index (χ2v) is 4.25. The fraction of sp³-hybridized carbons (Fsp3) is 0.0667. The van der Waals surface area contributed by atoms with E-state index in [-0.39, 0.29) is 0 Å². The molecule has 2 aromatic carbocycles. The summed E-state index contributed by atoms with van der Waals surface area (Å²) in [4.78, 5) is 1.13. The molecule has 1 aliphatic heterocycles. The second kappa shape index (κ2) is 4.55. The van der Waals surface area contributed by atoms with E-state index in [4.69, 9.17) is 0 Å². The van der Waals surface area contributed by atoms with E-state index in [9.17, 15) is 0 Å². The predicted molar refractivity (Wildman–Crippen MR) is 72.8 cm³/mol. The van der Waals surface area contributed by atoms with Crippen LogP contribution in [0.2, 0.25) is 0 Å². The van der Waals surface area contributed by atoms with Gasteiger partial charge in [-0.15, -0.1) is 0 Å². The van der Waals surface area contributed by atoms with Crippen molar-refractivity contribution in [2.24, 2.45) is 10.2 Å². The summed E-state index contributed by atoms with van der Waals surface area (Å²) in [6.45, 7) is 0. The van der Waals surface area contributed by atoms with E-state index in [0.29, 0.717) is 0 Å². The molecule has 1 aliphatic rings. The van der Waals surface area contributed by atoms with Crippen LogP contribution in [-0.2, 0) is 0 Å². The van der Waals surface area contributed by atoms with E-state index in [0.717, 1.165) is 27.7 Å². The van der Waals surface area contributed by atoms with Crippen LogP contribution in [0.25, 0.3) is 0 Å². The molecule has 3 rings (SSSR count). The van der Waals surface area contributed by atoms with Crippen LogP contribution in [0.1, 0.15) is 11.1 Å². The molecule has 0 aliphatic carbocycles. The molecule has 1 heterocycles. The van der Waals surface area contributed by atoms with Crippen molar-refractivity contribution in [1.29, 1.82) is 0 Å². The lowest BCUT2D eigenvalue weighted by Crippen LogP contribution is -3.13. The number of amidine groups is 2. The minimum atomic E-state index is 0.967. The van der Waals surface area contributed by atoms with Gasteiger partial charge >= 0.3 is 0 Å². The molecule has 1 N–H and O–H groups in total. The highest BCUT2D eigenvalue weighted by Gasteiger charge is 2.27. The lowest BCUT2D eigenvalue weighted by atomic mass is 10.1. The fourth-order valence-electron chi connectivity index (χ4n) is 2.10. The van der Waals surface area contributed by atoms with Crippen LogP contribution < -0.4 is 4.90 Å². The summed E-state index contributed by atoms with van der Waals surface area (Å²) in [5.41, 5.74) is 2.23. The highest BCUT2D eigenvalue weighted by molar-refractivity contribution is 6.06. The van der Waals surface area contributed by atoms with Crippen LogP contribution in [0.3, 0.4) is 0 Å². The Balaban J connectivity index is 1.90. The molecule has 18 heavy (non-hydrogen) atoms. The minimum absolute atomic E-state index is 0.967. The van der Waals surface area contributed by atoms with E-state index in [1.807, 2.05) is 36.4 Å². The standard InChI is InChI=1S/C15H13N3/c1-18-14(12-8-4-2-5-9-12)16-17-15(18)13-10-6-3-7-11-13/h2-11H,1H3/p+1. The molecule has 0 amide bonds. The van der Waals surface area contributed by atoms with Crippen molar-refractivity contribution in [3.05, 3.63) is 71.8 Å². The van der Waals surface area contributed by atoms with Crippen molar-refractivity contribution in [3.8, 4) is 0 Å². The maximum Gasteiger partial charge on any atom is 0.258 e. The van der Waals surface area contributed by atoms with Gasteiger partial charge in [0.1, 0.15) is 0 Å². The van der Waals surface area contributed by atoms with Crippen molar-refractivity contribution >= 4 is 11.7 Å². The number of quaternary nitrogens is 1. The van der Waals surface area contributed by atoms with Gasteiger partial charge < -0.3 is 0 Å². The molecule has 3 heteroatoms. The average Bonchev–Trinajstić information content (AvgIpc) is 2.83. The molecule has 0 unspecified atom stereocenters. The molecule has 88 valence electrons. The van der Waals surface area contributed by atoms with Crippen molar-refractivity contribution in [1.82, 2.24) is 0 Å². The van der Waals surface area contributed by atoms with E-state index >= 15 is 0 Å². The summed E-state index contributed by atoms with van der Waals surface area (Å²) in [6, 6.07) is 20.3. The third-order valence-corrected chi connectivity index (χ3v) is 3.05. The number of rotatable bonds is 2. The number of nitrogens with zero attached hydrogens (tertiary/aromatic N) is 2. The van der Waals surface area contributed by atoms with E-state index in [2.05, 4.69) is 41.5 Å². The first kappa shape index (κ1) is 10.9. The van der Waals surface area contributed by atoms with Crippen molar-refractivity contribution in [3.63, 3.8) is 0 Å². The first-order valence-corrected chi connectivity index (χ1v) is 5.97. The van der Waals surface area contributed by atoms with Crippen molar-refractivity contribution < 1.29 is 4.90 Å². The monoisotopic (exact) mass is 236 g/mol. The third-order valence-electron chi connectivity index (χ3n) is 3.05. The third kappa shape index (κ3) is 1.85. The quantitative estimate of drug-likeness (QED) is 0.815. The Morgan fingerprint density at radius 1 is 0.667 bits per heavy atom. The maximum atomic E-state index is 4.31. The van der Waals surface area contributed by atoms with Gasteiger partial charge in [0.15, 0.2) is 0 Å². The maximum absolute atomic E-state index is 4.31. The molecule has 2 aromatic rings. The zero-order valence-electron chi connectivity index (χ0n) is 10.2. The molecule has 0 aromatic heterocycles. The minimum Gasteiger partial charge on any atom is -0.236 e. The zero-order valence-corrected chi connectivity index (χ0v) is 10.2. The highest BCUT2D eigenvalue weighted by Crippen LogP contribution is 2.04. The van der Waals surface area contributed by atoms with Crippen molar-refractivity contribution in [2.75, 3.05) is 7.05 Å². The Labute approximate surface area is 106 Å². The van der Waals surface area contributed by atoms with Crippen LogP contribution in [0.4, 0.5) is 0 Å². The molecule has 3 nitrogen and oxygen atoms in total. The Bertz CT molecular complexity index is 545. The lowest BCUT2D eigenvalue weighted by molar-refractivity contribution is -0.670. The van der Waals surface area contributed by atoms with Crippen LogP contribution in [0, 0.1) is 0 Å². The molecule has 0 bridgehead atoms. The molecular weight excluding hydrogens is 222 g/mol. The SMILES string of the molecule is C[NH+]1C(c2ccccc2)=NN=C1c1ccccc1. The topological polar surface area (TPSA) is 29.2 Å². The van der Waals surface area contributed by atoms with Gasteiger partial charge in [-0.1, -0.05) is 46.6 Å². The summed E-state index contributed by atoms with van der Waals surface area (Å²) in [6.07, 6.45) is 0. The van der Waals surface area contributed by atoms with Gasteiger partial charge in [-0.3, -0.25) is 0 Å². The largest absolute Gasteiger partial charge is 0.258 e. The van der Waals surface area contributed by atoms with E-state index in [1.54, 1.807) is 0 Å². The van der Waals surface area contributed by atoms with Gasteiger partial charge in [0.2, 0.25) is 0 Å². The van der Waals surface area contributed by atoms with Gasteiger partial charge in [-0.2, -0.15) is 0 Å². The Kier molecular flexibility index (Phi) is 2.74. The number of hydrogen-bond donors (Lipinski definition) is 1. The lowest BCUT2D eigenvalue weighted by Gasteiger charge is -2.10. The van der Waals surface area contributed by atoms with E-state index < -0.39 is 0 Å². The number of nitrogens with one attached hydrogen (secondary N) is 1. The second-order valence-electron chi connectivity index (χ2n) is 4.25. The predicted octanol–water partition coefficient (Wildman–Crippen LogP) is 1.32. The normalized spacial score (nSPS) is 15.4. The van der Waals surface area contributed by atoms with Crippen molar-refractivity contribution in [2.45, 2.75) is 0 Å². The zero-order chi connectivity index (χ0) is 12.4. The van der Waals surface area contributed by atoms with Crippen LogP contribution in [0.15, 0.2) is 70.9 Å². The summed E-state index contributed by atoms with van der Waals surface area (Å²) < 4.78 is 0. The van der Waals surface area contributed by atoms with Gasteiger partial charge in [-0.25, -0.2) is 4.90 Å². The fourth-order valence-corrected chi connectivity index (χ4v) is 2.10. The molecule has 0 saturated heterocycles. The van der Waals surface area contributed by atoms with Gasteiger partial charge in [-0.05, 0) is 24.3 Å². The van der Waals surface area contributed by atoms with Crippen LogP contribution >= 0.6 is 0 Å². The number of benzene rings is 2. The summed E-state index contributed by atoms with van der Waals surface area (Å²) in [5.74, 6) is 1.93. The Hall–Kier alpha value is -2.26. The molecule has 0 saturated carbocycles. The van der Waals surface area contributed by atoms with Crippen LogP contribution in [0.5, 0.6) is 0 Å². The number of hydrogen-bond acceptors (Lipinski definition) is 2. The van der Waals surface area contributed by atoms with E-state index in [1.165, 1.54) is 0 Å². The molecule has 0 radical (unpaired) electrons. The van der Waals surface area contributed by atoms with Crippen LogP contribution in [-0.4, -0.2) is 18.7 Å². The van der Waals surface area contributed by atoms with Gasteiger partial charge in [0, 0.05) is 0 Å². The molecule has 0 fully saturated rings. The first-order chi connectivity index (χ1) is 8.86. The molecule has 0 spiro atoms. The smallest absolute Gasteiger partial charge is 0.236 e. The van der Waals surface area contributed by atoms with Gasteiger partial charge in [0.25, 0.3) is 11.7 Å². The summed E-state index contributed by atoms with van der Waals surface area (Å²) in [5, 5.41) is 8.62. The summed E-state index contributed by atoms with van der Waals surface area (Å²) in [7, 11) is 2.07. The first-order valence-electron chi connectivity index (χ1n) is 5.97. The Morgan fingerprint density at radius 2 is 1.06 bits per heavy atom. The summed E-state index contributed by atoms with van der Waals surface area (Å²) >= 11 is 0.